The minimum Gasteiger partial charge on any atom is -0.461 e. The van der Waals surface area contributed by atoms with Crippen molar-refractivity contribution >= 4 is 23.4 Å². The molecule has 31 heavy (non-hydrogen) atoms. The van der Waals surface area contributed by atoms with Crippen LogP contribution in [0.1, 0.15) is 12.5 Å². The van der Waals surface area contributed by atoms with E-state index in [1.165, 1.54) is 17.4 Å². The Hall–Kier alpha value is -2.78. The van der Waals surface area contributed by atoms with E-state index in [4.69, 9.17) is 4.42 Å². The summed E-state index contributed by atoms with van der Waals surface area (Å²) in [6.07, 6.45) is 1.62. The lowest BCUT2D eigenvalue weighted by Gasteiger charge is -2.35. The summed E-state index contributed by atoms with van der Waals surface area (Å²) in [5.41, 5.74) is 2.35. The Morgan fingerprint density at radius 3 is 2.68 bits per heavy atom. The molecule has 1 aliphatic heterocycles. The van der Waals surface area contributed by atoms with Crippen molar-refractivity contribution in [2.45, 2.75) is 25.2 Å². The van der Waals surface area contributed by atoms with Crippen LogP contribution in [0.15, 0.2) is 52.2 Å². The number of carbonyl (C=O) groups is 1. The van der Waals surface area contributed by atoms with E-state index in [9.17, 15) is 4.79 Å². The maximum Gasteiger partial charge on any atom is 0.230 e. The Morgan fingerprint density at radius 2 is 1.94 bits per heavy atom. The molecule has 3 aromatic rings. The van der Waals surface area contributed by atoms with Gasteiger partial charge in [-0.2, -0.15) is 0 Å². The number of piperazine rings is 1. The Labute approximate surface area is 186 Å². The largest absolute Gasteiger partial charge is 0.461 e. The first-order valence-electron chi connectivity index (χ1n) is 10.5. The van der Waals surface area contributed by atoms with E-state index in [1.54, 1.807) is 6.26 Å². The van der Waals surface area contributed by atoms with Gasteiger partial charge >= 0.3 is 0 Å². The number of likely N-dealkylation sites (N-methyl/N-ethyl adjacent to an activating group) is 1. The number of thioether (sulfide) groups is 1. The van der Waals surface area contributed by atoms with Crippen LogP contribution in [0.25, 0.3) is 11.6 Å². The van der Waals surface area contributed by atoms with Crippen LogP contribution in [0.5, 0.6) is 0 Å². The normalized spacial score (nSPS) is 14.7. The first kappa shape index (κ1) is 21.5. The predicted octanol–water partition coefficient (Wildman–Crippen LogP) is 2.72. The van der Waals surface area contributed by atoms with Crippen molar-refractivity contribution in [3.8, 4) is 11.6 Å². The highest BCUT2D eigenvalue weighted by molar-refractivity contribution is 7.99. The summed E-state index contributed by atoms with van der Waals surface area (Å²) in [4.78, 5) is 17.3. The second-order valence-electron chi connectivity index (χ2n) is 7.51. The zero-order chi connectivity index (χ0) is 21.6. The van der Waals surface area contributed by atoms with Gasteiger partial charge in [0.05, 0.1) is 12.0 Å². The number of hydrogen-bond donors (Lipinski definition) is 1. The van der Waals surface area contributed by atoms with Crippen LogP contribution >= 0.6 is 11.8 Å². The maximum atomic E-state index is 12.5. The molecule has 1 saturated heterocycles. The third kappa shape index (κ3) is 5.11. The van der Waals surface area contributed by atoms with E-state index in [0.29, 0.717) is 29.8 Å². The first-order valence-corrected chi connectivity index (χ1v) is 11.5. The van der Waals surface area contributed by atoms with Gasteiger partial charge in [-0.25, -0.2) is 0 Å². The van der Waals surface area contributed by atoms with Gasteiger partial charge < -0.3 is 19.5 Å². The van der Waals surface area contributed by atoms with Gasteiger partial charge in [-0.3, -0.25) is 9.36 Å². The van der Waals surface area contributed by atoms with Crippen LogP contribution in [0.2, 0.25) is 0 Å². The lowest BCUT2D eigenvalue weighted by molar-refractivity contribution is -0.118. The highest BCUT2D eigenvalue weighted by atomic mass is 32.2. The topological polar surface area (TPSA) is 79.4 Å². The molecule has 1 N–H and O–H groups in total. The number of nitrogens with one attached hydrogen (secondary N) is 1. The highest BCUT2D eigenvalue weighted by Crippen LogP contribution is 2.24. The van der Waals surface area contributed by atoms with Crippen LogP contribution in [-0.4, -0.2) is 64.6 Å². The van der Waals surface area contributed by atoms with Gasteiger partial charge in [0.15, 0.2) is 16.7 Å². The van der Waals surface area contributed by atoms with Gasteiger partial charge in [0, 0.05) is 45.0 Å². The Balaban J connectivity index is 1.34. The molecule has 3 heterocycles. The third-order valence-corrected chi connectivity index (χ3v) is 6.39. The molecule has 1 amide bonds. The number of aromatic nitrogens is 3. The SMILES string of the molecule is CCn1c(SCC(=O)NCc2ccccc2N2CCN(C)CC2)nnc1-c1ccco1. The molecule has 0 aliphatic carbocycles. The second kappa shape index (κ2) is 10.0. The Kier molecular flexibility index (Phi) is 6.93. The van der Waals surface area contributed by atoms with Crippen molar-refractivity contribution in [1.29, 1.82) is 0 Å². The van der Waals surface area contributed by atoms with Gasteiger partial charge in [0.1, 0.15) is 0 Å². The van der Waals surface area contributed by atoms with Gasteiger partial charge in [-0.1, -0.05) is 30.0 Å². The molecule has 0 bridgehead atoms. The van der Waals surface area contributed by atoms with E-state index in [1.807, 2.05) is 29.7 Å². The molecule has 1 fully saturated rings. The van der Waals surface area contributed by atoms with Crippen molar-refractivity contribution in [1.82, 2.24) is 25.0 Å². The highest BCUT2D eigenvalue weighted by Gasteiger charge is 2.18. The molecule has 4 rings (SSSR count). The van der Waals surface area contributed by atoms with Crippen molar-refractivity contribution in [2.75, 3.05) is 43.9 Å². The minimum absolute atomic E-state index is 0.0246. The maximum absolute atomic E-state index is 12.5. The average Bonchev–Trinajstić information content (AvgIpc) is 3.46. The zero-order valence-corrected chi connectivity index (χ0v) is 18.8. The van der Waals surface area contributed by atoms with Gasteiger partial charge in [0.25, 0.3) is 0 Å². The summed E-state index contributed by atoms with van der Waals surface area (Å²) < 4.78 is 7.39. The van der Waals surface area contributed by atoms with Crippen LogP contribution in [0, 0.1) is 0 Å². The fourth-order valence-electron chi connectivity index (χ4n) is 3.66. The zero-order valence-electron chi connectivity index (χ0n) is 18.0. The van der Waals surface area contributed by atoms with Gasteiger partial charge in [-0.05, 0) is 37.7 Å². The van der Waals surface area contributed by atoms with Crippen LogP contribution in [0.4, 0.5) is 5.69 Å². The van der Waals surface area contributed by atoms with E-state index in [0.717, 1.165) is 31.7 Å². The van der Waals surface area contributed by atoms with E-state index in [-0.39, 0.29) is 11.7 Å². The number of para-hydroxylation sites is 1. The summed E-state index contributed by atoms with van der Waals surface area (Å²) in [5.74, 6) is 1.61. The van der Waals surface area contributed by atoms with Crippen LogP contribution < -0.4 is 10.2 Å². The first-order chi connectivity index (χ1) is 15.2. The lowest BCUT2D eigenvalue weighted by Crippen LogP contribution is -2.45. The van der Waals surface area contributed by atoms with Gasteiger partial charge in [0.2, 0.25) is 5.91 Å². The Bertz CT molecular complexity index is 995. The molecule has 1 aliphatic rings. The standard InChI is InChI=1S/C22H28N6O2S/c1-3-28-21(19-9-6-14-30-19)24-25-22(28)31-16-20(29)23-15-17-7-4-5-8-18(17)27-12-10-26(2)11-13-27/h4-9,14H,3,10-13,15-16H2,1-2H3,(H,23,29). The number of benzene rings is 1. The van der Waals surface area contributed by atoms with E-state index >= 15 is 0 Å². The number of carbonyl (C=O) groups excluding carboxylic acids is 1. The third-order valence-electron chi connectivity index (χ3n) is 5.42. The summed E-state index contributed by atoms with van der Waals surface area (Å²) in [6.45, 7) is 7.34. The number of furan rings is 1. The molecule has 2 aromatic heterocycles. The molecule has 0 saturated carbocycles. The molecule has 0 atom stereocenters. The molecule has 164 valence electrons. The van der Waals surface area contributed by atoms with Crippen molar-refractivity contribution < 1.29 is 9.21 Å². The summed E-state index contributed by atoms with van der Waals surface area (Å²) in [5, 5.41) is 12.2. The molecular weight excluding hydrogens is 412 g/mol. The fraction of sp³-hybridized carbons (Fsp3) is 0.409. The summed E-state index contributed by atoms with van der Waals surface area (Å²) >= 11 is 1.39. The minimum atomic E-state index is -0.0246. The molecule has 8 nitrogen and oxygen atoms in total. The van der Waals surface area contributed by atoms with Gasteiger partial charge in [-0.15, -0.1) is 10.2 Å². The number of rotatable bonds is 8. The average molecular weight is 441 g/mol. The molecular formula is C22H28N6O2S. The molecule has 1 aromatic carbocycles. The molecule has 0 unspecified atom stereocenters. The van der Waals surface area contributed by atoms with Crippen LogP contribution in [0.3, 0.4) is 0 Å². The smallest absolute Gasteiger partial charge is 0.230 e. The molecule has 0 spiro atoms. The predicted molar refractivity (Wildman–Crippen MR) is 122 cm³/mol. The van der Waals surface area contributed by atoms with E-state index < -0.39 is 0 Å². The second-order valence-corrected chi connectivity index (χ2v) is 8.45. The number of nitrogens with zero attached hydrogens (tertiary/aromatic N) is 5. The fourth-order valence-corrected chi connectivity index (χ4v) is 4.49. The molecule has 9 heteroatoms. The van der Waals surface area contributed by atoms with Crippen molar-refractivity contribution in [2.24, 2.45) is 0 Å². The Morgan fingerprint density at radius 1 is 1.13 bits per heavy atom. The number of anilines is 1. The summed E-state index contributed by atoms with van der Waals surface area (Å²) in [6, 6.07) is 12.0. The van der Waals surface area contributed by atoms with Crippen LogP contribution in [-0.2, 0) is 17.9 Å². The monoisotopic (exact) mass is 440 g/mol. The number of hydrogen-bond acceptors (Lipinski definition) is 7. The van der Waals surface area contributed by atoms with Crippen molar-refractivity contribution in [3.05, 3.63) is 48.2 Å². The van der Waals surface area contributed by atoms with E-state index in [2.05, 4.69) is 50.6 Å². The van der Waals surface area contributed by atoms with Crippen molar-refractivity contribution in [3.63, 3.8) is 0 Å². The molecule has 0 radical (unpaired) electrons. The quantitative estimate of drug-likeness (QED) is 0.540. The number of amides is 1. The summed E-state index contributed by atoms with van der Waals surface area (Å²) in [7, 11) is 2.15. The lowest BCUT2D eigenvalue weighted by atomic mass is 10.1.